The Morgan fingerprint density at radius 2 is 0.891 bits per heavy atom. The summed E-state index contributed by atoms with van der Waals surface area (Å²) in [4.78, 5) is 25.8. The lowest BCUT2D eigenvalue weighted by Gasteiger charge is -2.18. The third-order valence-electron chi connectivity index (χ3n) is 9.10. The van der Waals surface area contributed by atoms with Crippen molar-refractivity contribution in [1.82, 2.24) is 0 Å². The molecule has 0 spiro atoms. The van der Waals surface area contributed by atoms with Gasteiger partial charge in [0.25, 0.3) is 0 Å². The van der Waals surface area contributed by atoms with E-state index in [1.54, 1.807) is 44.6 Å². The molecule has 0 radical (unpaired) electrons. The molecular formula is C41H42O14. The fraction of sp³-hybridized carbons (Fsp3) is 0.268. The van der Waals surface area contributed by atoms with E-state index in [1.807, 2.05) is 19.1 Å². The Morgan fingerprint density at radius 1 is 0.491 bits per heavy atom. The van der Waals surface area contributed by atoms with Crippen LogP contribution >= 0.6 is 0 Å². The summed E-state index contributed by atoms with van der Waals surface area (Å²) >= 11 is 0. The van der Waals surface area contributed by atoms with Gasteiger partial charge in [0.1, 0.15) is 45.3 Å². The molecule has 14 heteroatoms. The second kappa shape index (κ2) is 17.4. The van der Waals surface area contributed by atoms with E-state index in [0.29, 0.717) is 45.3 Å². The summed E-state index contributed by atoms with van der Waals surface area (Å²) in [5.74, 6) is 2.67. The first-order valence-electron chi connectivity index (χ1n) is 16.8. The van der Waals surface area contributed by atoms with Crippen LogP contribution < -0.4 is 39.3 Å². The number of ether oxygens (including phenoxy) is 6. The van der Waals surface area contributed by atoms with Crippen LogP contribution in [0.4, 0.5) is 0 Å². The lowest BCUT2D eigenvalue weighted by Crippen LogP contribution is -2.09. The zero-order chi connectivity index (χ0) is 40.0. The van der Waals surface area contributed by atoms with Gasteiger partial charge in [-0.3, -0.25) is 9.59 Å². The lowest BCUT2D eigenvalue weighted by molar-refractivity contribution is 0.248. The van der Waals surface area contributed by atoms with Crippen molar-refractivity contribution in [2.45, 2.75) is 33.4 Å². The van der Waals surface area contributed by atoms with E-state index in [4.69, 9.17) is 37.3 Å². The summed E-state index contributed by atoms with van der Waals surface area (Å²) in [5, 5.41) is 39.4. The maximum absolute atomic E-state index is 12.9. The molecule has 4 N–H and O–H groups in total. The van der Waals surface area contributed by atoms with Gasteiger partial charge in [0, 0.05) is 45.5 Å². The van der Waals surface area contributed by atoms with Crippen LogP contribution in [0.3, 0.4) is 0 Å². The third-order valence-corrected chi connectivity index (χ3v) is 9.10. The Balaban J connectivity index is 0.000000211. The van der Waals surface area contributed by atoms with Gasteiger partial charge in [-0.15, -0.1) is 0 Å². The number of benzene rings is 4. The van der Waals surface area contributed by atoms with Crippen molar-refractivity contribution in [3.63, 3.8) is 0 Å². The highest BCUT2D eigenvalue weighted by atomic mass is 16.5. The number of rotatable bonds is 12. The first kappa shape index (κ1) is 40.1. The number of methoxy groups -OCH3 is 6. The van der Waals surface area contributed by atoms with Gasteiger partial charge in [-0.05, 0) is 42.8 Å². The van der Waals surface area contributed by atoms with Gasteiger partial charge in [-0.2, -0.15) is 0 Å². The maximum Gasteiger partial charge on any atom is 0.197 e. The summed E-state index contributed by atoms with van der Waals surface area (Å²) in [6, 6.07) is 15.2. The molecule has 0 aliphatic rings. The number of hydrogen-bond acceptors (Lipinski definition) is 14. The van der Waals surface area contributed by atoms with E-state index >= 15 is 0 Å². The van der Waals surface area contributed by atoms with Crippen LogP contribution in [0.5, 0.6) is 34.5 Å². The normalized spacial score (nSPS) is 10.9. The zero-order valence-electron chi connectivity index (χ0n) is 31.4. The lowest BCUT2D eigenvalue weighted by atomic mass is 10.0. The summed E-state index contributed by atoms with van der Waals surface area (Å²) in [6.07, 6.45) is 0. The Bertz CT molecular complexity index is 2450. The van der Waals surface area contributed by atoms with Crippen molar-refractivity contribution in [3.8, 4) is 57.1 Å². The zero-order valence-corrected chi connectivity index (χ0v) is 31.4. The Morgan fingerprint density at radius 3 is 1.27 bits per heavy atom. The Labute approximate surface area is 315 Å². The second-order valence-electron chi connectivity index (χ2n) is 12.0. The molecule has 290 valence electrons. The molecule has 2 heterocycles. The molecule has 0 atom stereocenters. The minimum absolute atomic E-state index is 0.141. The maximum atomic E-state index is 12.9. The molecule has 0 amide bonds. The quantitative estimate of drug-likeness (QED) is 0.126. The molecule has 0 unspecified atom stereocenters. The monoisotopic (exact) mass is 758 g/mol. The summed E-state index contributed by atoms with van der Waals surface area (Å²) < 4.78 is 44.0. The number of fused-ring (bicyclic) bond motifs is 2. The molecule has 14 nitrogen and oxygen atoms in total. The van der Waals surface area contributed by atoms with Gasteiger partial charge in [-0.1, -0.05) is 12.1 Å². The van der Waals surface area contributed by atoms with Crippen molar-refractivity contribution in [2.24, 2.45) is 0 Å². The van der Waals surface area contributed by atoms with Gasteiger partial charge in [-0.25, -0.2) is 0 Å². The van der Waals surface area contributed by atoms with Crippen LogP contribution in [0, 0.1) is 6.92 Å². The predicted molar refractivity (Wildman–Crippen MR) is 204 cm³/mol. The number of aryl methyl sites for hydroxylation is 1. The average molecular weight is 759 g/mol. The number of hydrogen-bond donors (Lipinski definition) is 4. The van der Waals surface area contributed by atoms with Crippen molar-refractivity contribution < 1.29 is 57.7 Å². The molecular weight excluding hydrogens is 716 g/mol. The third kappa shape index (κ3) is 7.40. The molecule has 0 aliphatic heterocycles. The van der Waals surface area contributed by atoms with Crippen LogP contribution in [0.1, 0.15) is 27.8 Å². The molecule has 0 saturated carbocycles. The first-order valence-corrected chi connectivity index (χ1v) is 16.8. The predicted octanol–water partition coefficient (Wildman–Crippen LogP) is 5.25. The minimum atomic E-state index is -0.429. The van der Waals surface area contributed by atoms with Gasteiger partial charge < -0.3 is 57.7 Å². The molecule has 0 aliphatic carbocycles. The molecule has 0 bridgehead atoms. The molecule has 6 rings (SSSR count). The Hall–Kier alpha value is -6.06. The van der Waals surface area contributed by atoms with E-state index < -0.39 is 26.4 Å². The minimum Gasteiger partial charge on any atom is -0.497 e. The SMILES string of the molecule is COc1cc(-c2cc(=O)c3c(OC)c(CO)c(CO)c(OC)c3o2)ccc1C.COc1ccc(-c2cc(=O)c3c(OC)c(CO)c(CO)c(OC)c3o2)cc1. The van der Waals surface area contributed by atoms with Crippen LogP contribution in [0.2, 0.25) is 0 Å². The summed E-state index contributed by atoms with van der Waals surface area (Å²) in [5.41, 5.74) is 3.03. The van der Waals surface area contributed by atoms with Crippen molar-refractivity contribution in [2.75, 3.05) is 42.7 Å². The van der Waals surface area contributed by atoms with Crippen LogP contribution in [0.25, 0.3) is 44.6 Å². The van der Waals surface area contributed by atoms with Crippen molar-refractivity contribution in [3.05, 3.63) is 103 Å². The van der Waals surface area contributed by atoms with Gasteiger partial charge in [0.2, 0.25) is 0 Å². The Kier molecular flexibility index (Phi) is 12.7. The fourth-order valence-electron chi connectivity index (χ4n) is 6.43. The average Bonchev–Trinajstić information content (AvgIpc) is 3.21. The van der Waals surface area contributed by atoms with Crippen LogP contribution in [-0.2, 0) is 26.4 Å². The largest absolute Gasteiger partial charge is 0.497 e. The number of aliphatic hydroxyl groups is 4. The second-order valence-corrected chi connectivity index (χ2v) is 12.0. The molecule has 0 saturated heterocycles. The highest BCUT2D eigenvalue weighted by Gasteiger charge is 2.26. The van der Waals surface area contributed by atoms with Crippen molar-refractivity contribution in [1.29, 1.82) is 0 Å². The smallest absolute Gasteiger partial charge is 0.197 e. The van der Waals surface area contributed by atoms with E-state index in [0.717, 1.165) is 5.56 Å². The van der Waals surface area contributed by atoms with Gasteiger partial charge in [0.05, 0.1) is 69.1 Å². The first-order chi connectivity index (χ1) is 26.6. The fourth-order valence-corrected chi connectivity index (χ4v) is 6.43. The summed E-state index contributed by atoms with van der Waals surface area (Å²) in [7, 11) is 8.72. The topological polar surface area (TPSA) is 197 Å². The van der Waals surface area contributed by atoms with E-state index in [-0.39, 0.29) is 66.9 Å². The molecule has 4 aromatic carbocycles. The van der Waals surface area contributed by atoms with Gasteiger partial charge >= 0.3 is 0 Å². The highest BCUT2D eigenvalue weighted by molar-refractivity contribution is 5.93. The van der Waals surface area contributed by atoms with E-state index in [9.17, 15) is 30.0 Å². The van der Waals surface area contributed by atoms with Crippen LogP contribution in [-0.4, -0.2) is 63.1 Å². The molecule has 2 aromatic heterocycles. The molecule has 55 heavy (non-hydrogen) atoms. The summed E-state index contributed by atoms with van der Waals surface area (Å²) in [6.45, 7) is 0.225. The van der Waals surface area contributed by atoms with Crippen molar-refractivity contribution >= 4 is 21.9 Å². The van der Waals surface area contributed by atoms with E-state index in [1.165, 1.54) is 40.6 Å². The van der Waals surface area contributed by atoms with Gasteiger partial charge in [0.15, 0.2) is 33.5 Å². The number of aliphatic hydroxyl groups excluding tert-OH is 4. The van der Waals surface area contributed by atoms with E-state index in [2.05, 4.69) is 0 Å². The standard InChI is InChI=1S/C21H22O7.C20H20O7/c1-11-5-6-12(7-16(11)25-2)17-8-15(24)18-19(26-3)13(9-22)14(10-23)20(27-4)21(18)28-17;1-24-12-6-4-11(5-7-12)16-8-15(23)17-18(25-2)13(9-21)14(10-22)19(26-3)20(17)27-16/h5-8,22-23H,9-10H2,1-4H3;4-8,21-22H,9-10H2,1-3H3. The highest BCUT2D eigenvalue weighted by Crippen LogP contribution is 2.42. The molecule has 0 fully saturated rings. The molecule has 6 aromatic rings. The van der Waals surface area contributed by atoms with Crippen LogP contribution in [0.15, 0.2) is 73.0 Å².